The van der Waals surface area contributed by atoms with E-state index in [4.69, 9.17) is 0 Å². The summed E-state index contributed by atoms with van der Waals surface area (Å²) in [5.41, 5.74) is 1.42. The zero-order chi connectivity index (χ0) is 14.4. The molecule has 0 bridgehead atoms. The monoisotopic (exact) mass is 274 g/mol. The number of likely N-dealkylation sites (tertiary alicyclic amines) is 1. The maximum atomic E-state index is 3.68. The van der Waals surface area contributed by atoms with Crippen LogP contribution in [0.5, 0.6) is 0 Å². The van der Waals surface area contributed by atoms with E-state index in [-0.39, 0.29) is 0 Å². The molecule has 0 spiro atoms. The predicted molar refractivity (Wildman–Crippen MR) is 86.9 cm³/mol. The zero-order valence-electron chi connectivity index (χ0n) is 13.3. The molecule has 0 saturated carbocycles. The van der Waals surface area contributed by atoms with Crippen LogP contribution in [0.1, 0.15) is 51.6 Å². The van der Waals surface area contributed by atoms with Gasteiger partial charge in [0.25, 0.3) is 0 Å². The molecule has 112 valence electrons. The molecule has 2 unspecified atom stereocenters. The number of hydrogen-bond donors (Lipinski definition) is 1. The summed E-state index contributed by atoms with van der Waals surface area (Å²) < 4.78 is 0. The summed E-state index contributed by atoms with van der Waals surface area (Å²) in [6.07, 6.45) is 4.08. The summed E-state index contributed by atoms with van der Waals surface area (Å²) in [5, 5.41) is 3.68. The van der Waals surface area contributed by atoms with E-state index in [0.717, 1.165) is 12.5 Å². The van der Waals surface area contributed by atoms with Crippen LogP contribution >= 0.6 is 0 Å². The quantitative estimate of drug-likeness (QED) is 0.847. The first-order chi connectivity index (χ1) is 9.76. The van der Waals surface area contributed by atoms with Gasteiger partial charge in [-0.1, -0.05) is 50.6 Å². The molecule has 0 radical (unpaired) electrons. The van der Waals surface area contributed by atoms with Crippen molar-refractivity contribution in [1.29, 1.82) is 0 Å². The van der Waals surface area contributed by atoms with E-state index in [9.17, 15) is 0 Å². The highest BCUT2D eigenvalue weighted by molar-refractivity contribution is 5.20. The number of likely N-dealkylation sites (N-methyl/N-ethyl adjacent to an activating group) is 1. The van der Waals surface area contributed by atoms with Crippen molar-refractivity contribution in [2.45, 2.75) is 52.1 Å². The average Bonchev–Trinajstić information content (AvgIpc) is 2.53. The van der Waals surface area contributed by atoms with Crippen LogP contribution in [-0.2, 0) is 0 Å². The summed E-state index contributed by atoms with van der Waals surface area (Å²) in [6, 6.07) is 11.9. The fourth-order valence-electron chi connectivity index (χ4n) is 3.43. The standard InChI is InChI=1S/C18H30N2/c1-4-16-11-13-20(14-12-16)15(3)18(19-5-2)17-9-7-6-8-10-17/h6-10,15-16,18-19H,4-5,11-14H2,1-3H3. The van der Waals surface area contributed by atoms with Crippen molar-refractivity contribution in [1.82, 2.24) is 10.2 Å². The molecule has 1 saturated heterocycles. The van der Waals surface area contributed by atoms with Crippen molar-refractivity contribution < 1.29 is 0 Å². The lowest BCUT2D eigenvalue weighted by Gasteiger charge is -2.39. The second-order valence-electron chi connectivity index (χ2n) is 6.07. The molecule has 1 aliphatic rings. The molecule has 0 aliphatic carbocycles. The molecular formula is C18H30N2. The largest absolute Gasteiger partial charge is 0.309 e. The van der Waals surface area contributed by atoms with Crippen molar-refractivity contribution in [2.75, 3.05) is 19.6 Å². The first kappa shape index (κ1) is 15.5. The summed E-state index contributed by atoms with van der Waals surface area (Å²) in [7, 11) is 0. The minimum atomic E-state index is 0.444. The van der Waals surface area contributed by atoms with E-state index in [1.54, 1.807) is 0 Å². The maximum absolute atomic E-state index is 3.68. The van der Waals surface area contributed by atoms with Crippen LogP contribution in [0, 0.1) is 5.92 Å². The van der Waals surface area contributed by atoms with Crippen LogP contribution in [-0.4, -0.2) is 30.6 Å². The highest BCUT2D eigenvalue weighted by Gasteiger charge is 2.27. The Kier molecular flexibility index (Phi) is 6.06. The Bertz CT molecular complexity index is 368. The van der Waals surface area contributed by atoms with Gasteiger partial charge >= 0.3 is 0 Å². The fourth-order valence-corrected chi connectivity index (χ4v) is 3.43. The van der Waals surface area contributed by atoms with Crippen LogP contribution in [0.2, 0.25) is 0 Å². The zero-order valence-corrected chi connectivity index (χ0v) is 13.3. The Hall–Kier alpha value is -0.860. The van der Waals surface area contributed by atoms with E-state index in [2.05, 4.69) is 61.3 Å². The average molecular weight is 274 g/mol. The minimum absolute atomic E-state index is 0.444. The second-order valence-corrected chi connectivity index (χ2v) is 6.07. The van der Waals surface area contributed by atoms with Gasteiger partial charge in [0.1, 0.15) is 0 Å². The summed E-state index contributed by atoms with van der Waals surface area (Å²) >= 11 is 0. The van der Waals surface area contributed by atoms with Gasteiger partial charge in [-0.25, -0.2) is 0 Å². The van der Waals surface area contributed by atoms with Gasteiger partial charge in [-0.15, -0.1) is 0 Å². The molecule has 2 rings (SSSR count). The molecule has 0 amide bonds. The first-order valence-electron chi connectivity index (χ1n) is 8.28. The third-order valence-electron chi connectivity index (χ3n) is 4.87. The Balaban J connectivity index is 2.02. The van der Waals surface area contributed by atoms with Crippen molar-refractivity contribution in [2.24, 2.45) is 5.92 Å². The minimum Gasteiger partial charge on any atom is -0.309 e. The lowest BCUT2D eigenvalue weighted by atomic mass is 9.91. The Morgan fingerprint density at radius 2 is 1.80 bits per heavy atom. The number of rotatable bonds is 6. The van der Waals surface area contributed by atoms with Crippen LogP contribution in [0.4, 0.5) is 0 Å². The van der Waals surface area contributed by atoms with E-state index >= 15 is 0 Å². The van der Waals surface area contributed by atoms with E-state index < -0.39 is 0 Å². The predicted octanol–water partition coefficient (Wildman–Crippen LogP) is 3.85. The van der Waals surface area contributed by atoms with Gasteiger partial charge in [-0.05, 0) is 50.9 Å². The van der Waals surface area contributed by atoms with Crippen molar-refractivity contribution >= 4 is 0 Å². The molecule has 20 heavy (non-hydrogen) atoms. The number of nitrogens with zero attached hydrogens (tertiary/aromatic N) is 1. The lowest BCUT2D eigenvalue weighted by Crippen LogP contribution is -2.46. The van der Waals surface area contributed by atoms with Gasteiger partial charge in [0.2, 0.25) is 0 Å². The molecule has 1 fully saturated rings. The fraction of sp³-hybridized carbons (Fsp3) is 0.667. The van der Waals surface area contributed by atoms with Gasteiger partial charge in [0.15, 0.2) is 0 Å². The SMILES string of the molecule is CCNC(c1ccccc1)C(C)N1CCC(CC)CC1. The van der Waals surface area contributed by atoms with Crippen molar-refractivity contribution in [3.63, 3.8) is 0 Å². The summed E-state index contributed by atoms with van der Waals surface area (Å²) in [5.74, 6) is 0.952. The van der Waals surface area contributed by atoms with Crippen LogP contribution in [0.15, 0.2) is 30.3 Å². The van der Waals surface area contributed by atoms with E-state index in [1.165, 1.54) is 37.9 Å². The summed E-state index contributed by atoms with van der Waals surface area (Å²) in [6.45, 7) is 10.5. The van der Waals surface area contributed by atoms with Gasteiger partial charge in [0, 0.05) is 12.1 Å². The van der Waals surface area contributed by atoms with Crippen LogP contribution in [0.25, 0.3) is 0 Å². The number of hydrogen-bond acceptors (Lipinski definition) is 2. The Labute approximate surface area is 124 Å². The highest BCUT2D eigenvalue weighted by atomic mass is 15.2. The van der Waals surface area contributed by atoms with Crippen LogP contribution < -0.4 is 5.32 Å². The molecule has 2 atom stereocenters. The van der Waals surface area contributed by atoms with Crippen LogP contribution in [0.3, 0.4) is 0 Å². The van der Waals surface area contributed by atoms with E-state index in [0.29, 0.717) is 12.1 Å². The molecule has 2 nitrogen and oxygen atoms in total. The Morgan fingerprint density at radius 3 is 2.35 bits per heavy atom. The first-order valence-corrected chi connectivity index (χ1v) is 8.28. The molecule has 1 aromatic carbocycles. The van der Waals surface area contributed by atoms with Gasteiger partial charge in [-0.3, -0.25) is 4.90 Å². The third kappa shape index (κ3) is 3.83. The normalized spacial score (nSPS) is 20.8. The molecule has 0 aromatic heterocycles. The number of benzene rings is 1. The lowest BCUT2D eigenvalue weighted by molar-refractivity contribution is 0.115. The second kappa shape index (κ2) is 7.80. The molecule has 1 heterocycles. The van der Waals surface area contributed by atoms with E-state index in [1.807, 2.05) is 0 Å². The molecule has 1 aliphatic heterocycles. The highest BCUT2D eigenvalue weighted by Crippen LogP contribution is 2.26. The Morgan fingerprint density at radius 1 is 1.15 bits per heavy atom. The van der Waals surface area contributed by atoms with Crippen molar-refractivity contribution in [3.05, 3.63) is 35.9 Å². The molecular weight excluding hydrogens is 244 g/mol. The smallest absolute Gasteiger partial charge is 0.0475 e. The van der Waals surface area contributed by atoms with Gasteiger partial charge < -0.3 is 5.32 Å². The summed E-state index contributed by atoms with van der Waals surface area (Å²) in [4.78, 5) is 2.67. The number of piperidine rings is 1. The van der Waals surface area contributed by atoms with Gasteiger partial charge in [-0.2, -0.15) is 0 Å². The molecule has 1 aromatic rings. The van der Waals surface area contributed by atoms with Gasteiger partial charge in [0.05, 0.1) is 0 Å². The topological polar surface area (TPSA) is 15.3 Å². The third-order valence-corrected chi connectivity index (χ3v) is 4.87. The number of nitrogens with one attached hydrogen (secondary N) is 1. The van der Waals surface area contributed by atoms with Crippen molar-refractivity contribution in [3.8, 4) is 0 Å². The molecule has 2 heteroatoms. The maximum Gasteiger partial charge on any atom is 0.0475 e. The molecule has 1 N–H and O–H groups in total.